The zero-order chi connectivity index (χ0) is 19.3. The van der Waals surface area contributed by atoms with Gasteiger partial charge in [0.15, 0.2) is 0 Å². The molecule has 1 fully saturated rings. The number of benzene rings is 1. The van der Waals surface area contributed by atoms with Crippen molar-refractivity contribution in [2.75, 3.05) is 13.2 Å². The minimum Gasteiger partial charge on any atom is -0.465 e. The molecule has 146 valence electrons. The van der Waals surface area contributed by atoms with Crippen LogP contribution in [-0.2, 0) is 26.3 Å². The minimum atomic E-state index is -3.90. The molecule has 1 aliphatic heterocycles. The fourth-order valence-corrected chi connectivity index (χ4v) is 4.76. The lowest BCUT2D eigenvalue weighted by Crippen LogP contribution is -2.48. The van der Waals surface area contributed by atoms with Gasteiger partial charge in [-0.15, -0.1) is 0 Å². The molecular weight excluding hydrogens is 370 g/mol. The van der Waals surface area contributed by atoms with Gasteiger partial charge in [-0.1, -0.05) is 30.3 Å². The van der Waals surface area contributed by atoms with E-state index in [4.69, 9.17) is 4.74 Å². The van der Waals surface area contributed by atoms with E-state index in [1.165, 1.54) is 17.0 Å². The van der Waals surface area contributed by atoms with Gasteiger partial charge in [0.1, 0.15) is 18.7 Å². The van der Waals surface area contributed by atoms with Gasteiger partial charge in [0.2, 0.25) is 0 Å². The first-order valence-corrected chi connectivity index (χ1v) is 10.3. The van der Waals surface area contributed by atoms with Crippen LogP contribution in [0.3, 0.4) is 0 Å². The summed E-state index contributed by atoms with van der Waals surface area (Å²) in [5.41, 5.74) is 0.795. The predicted octanol–water partition coefficient (Wildman–Crippen LogP) is 0.881. The van der Waals surface area contributed by atoms with Crippen LogP contribution in [0.1, 0.15) is 31.4 Å². The van der Waals surface area contributed by atoms with Crippen LogP contribution in [0.4, 0.5) is 0 Å². The summed E-state index contributed by atoms with van der Waals surface area (Å²) < 4.78 is 36.6. The van der Waals surface area contributed by atoms with Gasteiger partial charge in [0.25, 0.3) is 10.2 Å². The Morgan fingerprint density at radius 2 is 2.15 bits per heavy atom. The Morgan fingerprint density at radius 3 is 2.81 bits per heavy atom. The average Bonchev–Trinajstić information content (AvgIpc) is 3.34. The molecule has 0 bridgehead atoms. The normalized spacial score (nSPS) is 19.1. The Labute approximate surface area is 158 Å². The minimum absolute atomic E-state index is 0.218. The largest absolute Gasteiger partial charge is 0.465 e. The second kappa shape index (κ2) is 8.59. The molecule has 1 saturated heterocycles. The number of nitrogens with zero attached hydrogens (tertiary/aromatic N) is 4. The standard InChI is InChI=1S/C17H23N5O4S/c1-2-26-17(23)16-9-6-10-22(16)27(24,25)20-15(11-21-13-18-12-19-21)14-7-4-3-5-8-14/h3-5,7-8,12-13,15-16,20H,2,6,9-11H2,1H3/t15-,16-/m0/s1. The van der Waals surface area contributed by atoms with Crippen LogP contribution >= 0.6 is 0 Å². The van der Waals surface area contributed by atoms with E-state index in [9.17, 15) is 13.2 Å². The SMILES string of the molecule is CCOC(=O)[C@@H]1CCCN1S(=O)(=O)N[C@@H](Cn1cncn1)c1ccccc1. The molecular formula is C17H23N5O4S. The lowest BCUT2D eigenvalue weighted by atomic mass is 10.1. The number of aromatic nitrogens is 3. The van der Waals surface area contributed by atoms with Crippen molar-refractivity contribution in [3.8, 4) is 0 Å². The first-order chi connectivity index (χ1) is 13.0. The summed E-state index contributed by atoms with van der Waals surface area (Å²) in [5.74, 6) is -0.507. The van der Waals surface area contributed by atoms with Gasteiger partial charge in [0, 0.05) is 6.54 Å². The molecule has 0 saturated carbocycles. The summed E-state index contributed by atoms with van der Waals surface area (Å²) in [6, 6.07) is 7.90. The predicted molar refractivity (Wildman–Crippen MR) is 97.6 cm³/mol. The molecule has 27 heavy (non-hydrogen) atoms. The van der Waals surface area contributed by atoms with Crippen LogP contribution in [-0.4, -0.2) is 52.7 Å². The van der Waals surface area contributed by atoms with Gasteiger partial charge >= 0.3 is 5.97 Å². The highest BCUT2D eigenvalue weighted by molar-refractivity contribution is 7.87. The molecule has 0 amide bonds. The molecule has 1 aromatic carbocycles. The van der Waals surface area contributed by atoms with Crippen LogP contribution in [0.25, 0.3) is 0 Å². The van der Waals surface area contributed by atoms with Gasteiger partial charge in [-0.3, -0.25) is 9.48 Å². The van der Waals surface area contributed by atoms with Crippen molar-refractivity contribution < 1.29 is 17.9 Å². The number of nitrogens with one attached hydrogen (secondary N) is 1. The number of carbonyl (C=O) groups is 1. The third-order valence-electron chi connectivity index (χ3n) is 4.40. The molecule has 1 N–H and O–H groups in total. The van der Waals surface area contributed by atoms with Crippen LogP contribution in [0.5, 0.6) is 0 Å². The van der Waals surface area contributed by atoms with Gasteiger partial charge in [-0.25, -0.2) is 4.98 Å². The van der Waals surface area contributed by atoms with Crippen LogP contribution in [0, 0.1) is 0 Å². The number of ether oxygens (including phenoxy) is 1. The summed E-state index contributed by atoms with van der Waals surface area (Å²) in [6.45, 7) is 2.48. The summed E-state index contributed by atoms with van der Waals surface area (Å²) in [6.07, 6.45) is 4.00. The number of rotatable bonds is 8. The molecule has 0 radical (unpaired) electrons. The van der Waals surface area contributed by atoms with Crippen molar-refractivity contribution in [3.63, 3.8) is 0 Å². The zero-order valence-corrected chi connectivity index (χ0v) is 15.9. The van der Waals surface area contributed by atoms with E-state index >= 15 is 0 Å². The van der Waals surface area contributed by atoms with Crippen molar-refractivity contribution in [2.24, 2.45) is 0 Å². The first-order valence-electron chi connectivity index (χ1n) is 8.84. The molecule has 0 aliphatic carbocycles. The van der Waals surface area contributed by atoms with Crippen LogP contribution in [0.15, 0.2) is 43.0 Å². The lowest BCUT2D eigenvalue weighted by Gasteiger charge is -2.26. The molecule has 0 spiro atoms. The molecule has 0 unspecified atom stereocenters. The zero-order valence-electron chi connectivity index (χ0n) is 15.1. The fourth-order valence-electron chi connectivity index (χ4n) is 3.16. The Bertz CT molecular complexity index is 841. The maximum absolute atomic E-state index is 13.0. The topological polar surface area (TPSA) is 106 Å². The van der Waals surface area contributed by atoms with E-state index in [0.717, 1.165) is 5.56 Å². The molecule has 3 rings (SSSR count). The van der Waals surface area contributed by atoms with Gasteiger partial charge in [0.05, 0.1) is 19.2 Å². The Hall–Kier alpha value is -2.30. The molecule has 2 atom stereocenters. The van der Waals surface area contributed by atoms with Crippen molar-refractivity contribution in [1.29, 1.82) is 0 Å². The Balaban J connectivity index is 1.82. The Kier molecular flexibility index (Phi) is 6.19. The van der Waals surface area contributed by atoms with Gasteiger partial charge < -0.3 is 4.74 Å². The van der Waals surface area contributed by atoms with E-state index in [1.807, 2.05) is 30.3 Å². The van der Waals surface area contributed by atoms with Crippen molar-refractivity contribution >= 4 is 16.2 Å². The van der Waals surface area contributed by atoms with E-state index in [-0.39, 0.29) is 19.7 Å². The second-order valence-corrected chi connectivity index (χ2v) is 7.88. The first kappa shape index (κ1) is 19.5. The highest BCUT2D eigenvalue weighted by Gasteiger charge is 2.40. The molecule has 1 aliphatic rings. The number of hydrogen-bond acceptors (Lipinski definition) is 6. The van der Waals surface area contributed by atoms with Crippen LogP contribution in [0.2, 0.25) is 0 Å². The van der Waals surface area contributed by atoms with Crippen molar-refractivity contribution in [1.82, 2.24) is 23.8 Å². The highest BCUT2D eigenvalue weighted by atomic mass is 32.2. The van der Waals surface area contributed by atoms with E-state index in [1.54, 1.807) is 11.6 Å². The van der Waals surface area contributed by atoms with Gasteiger partial charge in [-0.05, 0) is 25.3 Å². The van der Waals surface area contributed by atoms with Crippen molar-refractivity contribution in [2.45, 2.75) is 38.4 Å². The molecule has 10 heteroatoms. The van der Waals surface area contributed by atoms with E-state index in [0.29, 0.717) is 12.8 Å². The summed E-state index contributed by atoms with van der Waals surface area (Å²) in [7, 11) is -3.90. The smallest absolute Gasteiger partial charge is 0.324 e. The average molecular weight is 393 g/mol. The fraction of sp³-hybridized carbons (Fsp3) is 0.471. The van der Waals surface area contributed by atoms with Gasteiger partial charge in [-0.2, -0.15) is 22.5 Å². The number of carbonyl (C=O) groups excluding carboxylic acids is 1. The summed E-state index contributed by atoms with van der Waals surface area (Å²) in [4.78, 5) is 16.0. The maximum Gasteiger partial charge on any atom is 0.324 e. The molecule has 2 aromatic rings. The van der Waals surface area contributed by atoms with Crippen LogP contribution < -0.4 is 4.72 Å². The molecule has 9 nitrogen and oxygen atoms in total. The lowest BCUT2D eigenvalue weighted by molar-refractivity contribution is -0.146. The molecule has 1 aromatic heterocycles. The molecule has 2 heterocycles. The number of esters is 1. The maximum atomic E-state index is 13.0. The van der Waals surface area contributed by atoms with Crippen molar-refractivity contribution in [3.05, 3.63) is 48.5 Å². The highest BCUT2D eigenvalue weighted by Crippen LogP contribution is 2.24. The summed E-state index contributed by atoms with van der Waals surface area (Å²) in [5, 5.41) is 4.06. The van der Waals surface area contributed by atoms with E-state index < -0.39 is 28.3 Å². The van der Waals surface area contributed by atoms with E-state index in [2.05, 4.69) is 14.8 Å². The third kappa shape index (κ3) is 4.71. The quantitative estimate of drug-likeness (QED) is 0.668. The Morgan fingerprint density at radius 1 is 1.37 bits per heavy atom. The number of hydrogen-bond donors (Lipinski definition) is 1. The second-order valence-electron chi connectivity index (χ2n) is 6.22. The monoisotopic (exact) mass is 393 g/mol. The third-order valence-corrected chi connectivity index (χ3v) is 6.04. The summed E-state index contributed by atoms with van der Waals surface area (Å²) >= 11 is 0.